The predicted octanol–water partition coefficient (Wildman–Crippen LogP) is 1.10. The Bertz CT molecular complexity index is 235. The van der Waals surface area contributed by atoms with E-state index in [0.717, 1.165) is 13.0 Å². The average molecular weight is 201 g/mol. The lowest BCUT2D eigenvalue weighted by Gasteiger charge is -2.29. The summed E-state index contributed by atoms with van der Waals surface area (Å²) >= 11 is 0. The van der Waals surface area contributed by atoms with Crippen molar-refractivity contribution in [2.24, 2.45) is 5.73 Å². The number of amides is 1. The van der Waals surface area contributed by atoms with E-state index in [-0.39, 0.29) is 12.1 Å². The average Bonchev–Trinajstić information content (AvgIpc) is 2.29. The summed E-state index contributed by atoms with van der Waals surface area (Å²) in [6.07, 6.45) is 0.737. The van der Waals surface area contributed by atoms with Crippen LogP contribution >= 0.6 is 0 Å². The maximum atomic E-state index is 11.8. The lowest BCUT2D eigenvalue weighted by molar-refractivity contribution is -0.826. The van der Waals surface area contributed by atoms with Crippen molar-refractivity contribution in [3.8, 4) is 0 Å². The van der Waals surface area contributed by atoms with Gasteiger partial charge in [0.25, 0.3) is 0 Å². The Morgan fingerprint density at radius 2 is 2.07 bits per heavy atom. The highest BCUT2D eigenvalue weighted by atomic mass is 16.6. The molecule has 1 amide bonds. The van der Waals surface area contributed by atoms with Gasteiger partial charge in [0.2, 0.25) is 0 Å². The summed E-state index contributed by atoms with van der Waals surface area (Å²) in [5.41, 5.74) is 5.38. The van der Waals surface area contributed by atoms with Crippen LogP contribution in [0.1, 0.15) is 27.2 Å². The van der Waals surface area contributed by atoms with Gasteiger partial charge in [-0.3, -0.25) is 0 Å². The molecule has 1 heterocycles. The van der Waals surface area contributed by atoms with Gasteiger partial charge in [0.05, 0.1) is 19.6 Å². The topological polar surface area (TPSA) is 52.3 Å². The quantitative estimate of drug-likeness (QED) is 0.597. The zero-order valence-corrected chi connectivity index (χ0v) is 9.54. The zero-order chi connectivity index (χ0) is 11.0. The fraction of sp³-hybridized carbons (Fsp3) is 0.900. The molecule has 0 aromatic heterocycles. The number of quaternary nitrogens is 1. The normalized spacial score (nSPS) is 33.1. The molecule has 0 bridgehead atoms. The molecule has 2 atom stereocenters. The highest BCUT2D eigenvalue weighted by molar-refractivity contribution is 5.60. The second kappa shape index (κ2) is 3.51. The van der Waals surface area contributed by atoms with Crippen LogP contribution in [0.25, 0.3) is 0 Å². The molecule has 4 nitrogen and oxygen atoms in total. The Hall–Kier alpha value is -0.610. The largest absolute Gasteiger partial charge is 0.516 e. The number of rotatable bonds is 0. The van der Waals surface area contributed by atoms with Gasteiger partial charge >= 0.3 is 6.09 Å². The Morgan fingerprint density at radius 1 is 1.50 bits per heavy atom. The summed E-state index contributed by atoms with van der Waals surface area (Å²) in [4.78, 5) is 11.8. The summed E-state index contributed by atoms with van der Waals surface area (Å²) in [7, 11) is 1.89. The van der Waals surface area contributed by atoms with Gasteiger partial charge in [-0.05, 0) is 20.8 Å². The minimum atomic E-state index is -0.412. The Balaban J connectivity index is 2.61. The van der Waals surface area contributed by atoms with Gasteiger partial charge in [0.15, 0.2) is 0 Å². The molecule has 1 unspecified atom stereocenters. The maximum Gasteiger partial charge on any atom is 0.516 e. The molecular formula is C10H21N2O2+. The molecule has 1 fully saturated rings. The fourth-order valence-corrected chi connectivity index (χ4v) is 1.69. The molecule has 0 aromatic carbocycles. The monoisotopic (exact) mass is 201 g/mol. The number of carbonyl (C=O) groups excluding carboxylic acids is 1. The van der Waals surface area contributed by atoms with Crippen molar-refractivity contribution in [2.75, 3.05) is 20.1 Å². The van der Waals surface area contributed by atoms with Crippen molar-refractivity contribution in [1.82, 2.24) is 0 Å². The van der Waals surface area contributed by atoms with Gasteiger partial charge in [-0.1, -0.05) is 0 Å². The van der Waals surface area contributed by atoms with Crippen molar-refractivity contribution in [1.29, 1.82) is 0 Å². The van der Waals surface area contributed by atoms with Crippen LogP contribution in [0.5, 0.6) is 0 Å². The van der Waals surface area contributed by atoms with Crippen molar-refractivity contribution >= 4 is 6.09 Å². The first kappa shape index (κ1) is 11.5. The summed E-state index contributed by atoms with van der Waals surface area (Å²) in [6.45, 7) is 7.12. The van der Waals surface area contributed by atoms with E-state index in [0.29, 0.717) is 11.0 Å². The Labute approximate surface area is 85.6 Å². The first-order valence-corrected chi connectivity index (χ1v) is 5.07. The standard InChI is InChI=1S/C10H21N2O2/c1-10(2,3)14-9(13)12(4)6-5-8(11)7-12/h8H,5-7,11H2,1-4H3/q+1/t8-,12?/m0/s1. The van der Waals surface area contributed by atoms with Crippen molar-refractivity contribution in [3.63, 3.8) is 0 Å². The van der Waals surface area contributed by atoms with Gasteiger partial charge in [-0.25, -0.2) is 4.48 Å². The van der Waals surface area contributed by atoms with Gasteiger partial charge in [0.1, 0.15) is 12.1 Å². The minimum Gasteiger partial charge on any atom is -0.414 e. The molecule has 0 aliphatic carbocycles. The summed E-state index contributed by atoms with van der Waals surface area (Å²) in [5, 5.41) is 0. The van der Waals surface area contributed by atoms with E-state index in [2.05, 4.69) is 0 Å². The molecular weight excluding hydrogens is 180 g/mol. The molecule has 4 heteroatoms. The lowest BCUT2D eigenvalue weighted by atomic mass is 10.2. The maximum absolute atomic E-state index is 11.8. The van der Waals surface area contributed by atoms with Crippen molar-refractivity contribution in [2.45, 2.75) is 38.8 Å². The van der Waals surface area contributed by atoms with E-state index in [1.807, 2.05) is 27.8 Å². The van der Waals surface area contributed by atoms with Crippen LogP contribution in [-0.2, 0) is 4.74 Å². The number of carbonyl (C=O) groups is 1. The van der Waals surface area contributed by atoms with Crippen molar-refractivity contribution < 1.29 is 14.0 Å². The summed E-state index contributed by atoms with van der Waals surface area (Å²) in [5.74, 6) is 0. The van der Waals surface area contributed by atoms with Crippen LogP contribution in [0.4, 0.5) is 4.79 Å². The second-order valence-electron chi connectivity index (χ2n) is 5.33. The Kier molecular flexibility index (Phi) is 2.88. The number of hydrogen-bond donors (Lipinski definition) is 1. The molecule has 1 rings (SSSR count). The lowest BCUT2D eigenvalue weighted by Crippen LogP contribution is -2.50. The number of ether oxygens (including phenoxy) is 1. The number of likely N-dealkylation sites (tertiary alicyclic amines) is 1. The van der Waals surface area contributed by atoms with Gasteiger partial charge in [0, 0.05) is 6.42 Å². The number of hydrogen-bond acceptors (Lipinski definition) is 3. The van der Waals surface area contributed by atoms with Crippen LogP contribution in [0, 0.1) is 0 Å². The smallest absolute Gasteiger partial charge is 0.414 e. The van der Waals surface area contributed by atoms with Crippen LogP contribution in [-0.4, -0.2) is 42.4 Å². The molecule has 0 saturated carbocycles. The molecule has 2 N–H and O–H groups in total. The van der Waals surface area contributed by atoms with Crippen LogP contribution < -0.4 is 5.73 Å². The predicted molar refractivity (Wildman–Crippen MR) is 54.7 cm³/mol. The molecule has 0 radical (unpaired) electrons. The van der Waals surface area contributed by atoms with E-state index >= 15 is 0 Å². The minimum absolute atomic E-state index is 0.132. The van der Waals surface area contributed by atoms with E-state index < -0.39 is 5.60 Å². The molecule has 1 saturated heterocycles. The van der Waals surface area contributed by atoms with Gasteiger partial charge in [-0.2, -0.15) is 4.79 Å². The van der Waals surface area contributed by atoms with Crippen LogP contribution in [0.3, 0.4) is 0 Å². The fourth-order valence-electron chi connectivity index (χ4n) is 1.69. The van der Waals surface area contributed by atoms with Crippen molar-refractivity contribution in [3.05, 3.63) is 0 Å². The molecule has 14 heavy (non-hydrogen) atoms. The van der Waals surface area contributed by atoms with Gasteiger partial charge in [-0.15, -0.1) is 0 Å². The highest BCUT2D eigenvalue weighted by Crippen LogP contribution is 2.20. The number of likely N-dealkylation sites (N-methyl/N-ethyl adjacent to an activating group) is 1. The molecule has 1 aliphatic rings. The third-order valence-corrected chi connectivity index (χ3v) is 2.47. The highest BCUT2D eigenvalue weighted by Gasteiger charge is 2.42. The third kappa shape index (κ3) is 2.69. The molecule has 0 spiro atoms. The first-order chi connectivity index (χ1) is 6.23. The zero-order valence-electron chi connectivity index (χ0n) is 9.54. The molecule has 82 valence electrons. The SMILES string of the molecule is CC(C)(C)OC(=O)[N+]1(C)CC[C@H](N)C1. The van der Waals surface area contributed by atoms with Gasteiger partial charge < -0.3 is 10.5 Å². The first-order valence-electron chi connectivity index (χ1n) is 5.07. The van der Waals surface area contributed by atoms with E-state index in [1.54, 1.807) is 0 Å². The van der Waals surface area contributed by atoms with E-state index in [4.69, 9.17) is 10.5 Å². The Morgan fingerprint density at radius 3 is 2.43 bits per heavy atom. The second-order valence-corrected chi connectivity index (χ2v) is 5.33. The number of nitrogens with two attached hydrogens (primary N) is 1. The summed E-state index contributed by atoms with van der Waals surface area (Å²) < 4.78 is 5.67. The van der Waals surface area contributed by atoms with Crippen LogP contribution in [0.15, 0.2) is 0 Å². The van der Waals surface area contributed by atoms with E-state index in [9.17, 15) is 4.79 Å². The molecule has 1 aliphatic heterocycles. The number of nitrogens with zero attached hydrogens (tertiary/aromatic N) is 1. The van der Waals surface area contributed by atoms with Crippen LogP contribution in [0.2, 0.25) is 0 Å². The molecule has 0 aromatic rings. The third-order valence-electron chi connectivity index (χ3n) is 2.47. The van der Waals surface area contributed by atoms with E-state index in [1.165, 1.54) is 0 Å². The summed E-state index contributed by atoms with van der Waals surface area (Å²) in [6, 6.07) is 0.132.